The second-order valence-corrected chi connectivity index (χ2v) is 6.16. The van der Waals surface area contributed by atoms with E-state index in [-0.39, 0.29) is 16.9 Å². The average Bonchev–Trinajstić information content (AvgIpc) is 2.57. The lowest BCUT2D eigenvalue weighted by atomic mass is 10.1. The van der Waals surface area contributed by atoms with E-state index in [1.165, 1.54) is 0 Å². The van der Waals surface area contributed by atoms with Crippen LogP contribution in [0.5, 0.6) is 0 Å². The minimum atomic E-state index is -0.249. The molecule has 0 radical (unpaired) electrons. The van der Waals surface area contributed by atoms with Crippen molar-refractivity contribution in [3.63, 3.8) is 0 Å². The molecule has 5 nitrogen and oxygen atoms in total. The fourth-order valence-electron chi connectivity index (χ4n) is 3.31. The summed E-state index contributed by atoms with van der Waals surface area (Å²) in [4.78, 5) is 27.4. The van der Waals surface area contributed by atoms with Gasteiger partial charge in [0.1, 0.15) is 5.56 Å². The molecule has 1 aliphatic rings. The summed E-state index contributed by atoms with van der Waals surface area (Å²) >= 11 is 0. The number of nitrogens with two attached hydrogens (primary N) is 1. The lowest BCUT2D eigenvalue weighted by Gasteiger charge is -2.27. The molecule has 1 aromatic heterocycles. The Labute approximate surface area is 135 Å². The van der Waals surface area contributed by atoms with Crippen LogP contribution in [0.2, 0.25) is 0 Å². The van der Waals surface area contributed by atoms with Crippen molar-refractivity contribution < 1.29 is 4.79 Å². The van der Waals surface area contributed by atoms with Crippen molar-refractivity contribution in [1.82, 2.24) is 9.47 Å². The fraction of sp³-hybridized carbons (Fsp3) is 0.444. The summed E-state index contributed by atoms with van der Waals surface area (Å²) in [6, 6.07) is 5.45. The number of hydrogen-bond acceptors (Lipinski definition) is 3. The number of aryl methyl sites for hydroxylation is 1. The summed E-state index contributed by atoms with van der Waals surface area (Å²) in [7, 11) is 0. The van der Waals surface area contributed by atoms with Crippen molar-refractivity contribution in [3.8, 4) is 0 Å². The van der Waals surface area contributed by atoms with Crippen molar-refractivity contribution in [1.29, 1.82) is 0 Å². The van der Waals surface area contributed by atoms with E-state index in [9.17, 15) is 9.59 Å². The van der Waals surface area contributed by atoms with Crippen LogP contribution in [0.25, 0.3) is 10.9 Å². The average molecular weight is 313 g/mol. The highest BCUT2D eigenvalue weighted by atomic mass is 16.2. The van der Waals surface area contributed by atoms with Crippen LogP contribution in [0.1, 0.15) is 43.0 Å². The van der Waals surface area contributed by atoms with Gasteiger partial charge in [-0.3, -0.25) is 9.59 Å². The van der Waals surface area contributed by atoms with Gasteiger partial charge in [0.2, 0.25) is 5.43 Å². The van der Waals surface area contributed by atoms with Gasteiger partial charge in [-0.05, 0) is 37.8 Å². The van der Waals surface area contributed by atoms with Gasteiger partial charge in [0.05, 0.1) is 10.9 Å². The van der Waals surface area contributed by atoms with Gasteiger partial charge in [-0.25, -0.2) is 0 Å². The first kappa shape index (κ1) is 15.6. The minimum absolute atomic E-state index is 0.162. The van der Waals surface area contributed by atoms with E-state index in [1.807, 2.05) is 16.7 Å². The number of hydrogen-bond donors (Lipinski definition) is 1. The van der Waals surface area contributed by atoms with Gasteiger partial charge in [-0.1, -0.05) is 13.0 Å². The van der Waals surface area contributed by atoms with Crippen LogP contribution < -0.4 is 11.2 Å². The number of rotatable bonds is 3. The Morgan fingerprint density at radius 1 is 1.22 bits per heavy atom. The summed E-state index contributed by atoms with van der Waals surface area (Å²) in [5.74, 6) is -0.162. The Morgan fingerprint density at radius 3 is 2.65 bits per heavy atom. The molecule has 0 saturated carbocycles. The molecule has 2 N–H and O–H groups in total. The van der Waals surface area contributed by atoms with Crippen LogP contribution in [0.3, 0.4) is 0 Å². The molecular formula is C18H23N3O2. The molecule has 5 heteroatoms. The number of pyridine rings is 1. The molecule has 0 unspecified atom stereocenters. The molecular weight excluding hydrogens is 290 g/mol. The zero-order valence-electron chi connectivity index (χ0n) is 13.5. The lowest BCUT2D eigenvalue weighted by Crippen LogP contribution is -2.38. The number of piperidine rings is 1. The third-order valence-corrected chi connectivity index (χ3v) is 4.48. The Balaban J connectivity index is 2.16. The number of carbonyl (C=O) groups excluding carboxylic acids is 1. The van der Waals surface area contributed by atoms with Gasteiger partial charge in [0.25, 0.3) is 5.91 Å². The van der Waals surface area contributed by atoms with Gasteiger partial charge in [-0.2, -0.15) is 0 Å². The topological polar surface area (TPSA) is 68.3 Å². The highest BCUT2D eigenvalue weighted by Crippen LogP contribution is 2.20. The van der Waals surface area contributed by atoms with E-state index >= 15 is 0 Å². The third kappa shape index (κ3) is 2.83. The number of fused-ring (bicyclic) bond motifs is 1. The summed E-state index contributed by atoms with van der Waals surface area (Å²) in [5.41, 5.74) is 7.26. The Morgan fingerprint density at radius 2 is 1.96 bits per heavy atom. The van der Waals surface area contributed by atoms with Crippen molar-refractivity contribution >= 4 is 22.5 Å². The van der Waals surface area contributed by atoms with Gasteiger partial charge >= 0.3 is 0 Å². The minimum Gasteiger partial charge on any atom is -0.398 e. The Bertz CT molecular complexity index is 789. The van der Waals surface area contributed by atoms with Crippen molar-refractivity contribution in [2.24, 2.45) is 0 Å². The number of likely N-dealkylation sites (tertiary alicyclic amines) is 1. The van der Waals surface area contributed by atoms with E-state index < -0.39 is 0 Å². The van der Waals surface area contributed by atoms with Gasteiger partial charge in [0, 0.05) is 31.5 Å². The number of carbonyl (C=O) groups is 1. The van der Waals surface area contributed by atoms with Gasteiger partial charge < -0.3 is 15.2 Å². The lowest BCUT2D eigenvalue weighted by molar-refractivity contribution is 0.0722. The van der Waals surface area contributed by atoms with Crippen LogP contribution in [-0.2, 0) is 6.54 Å². The zero-order valence-corrected chi connectivity index (χ0v) is 13.5. The quantitative estimate of drug-likeness (QED) is 0.886. The molecule has 1 saturated heterocycles. The van der Waals surface area contributed by atoms with E-state index in [0.717, 1.165) is 50.8 Å². The van der Waals surface area contributed by atoms with Crippen LogP contribution in [0, 0.1) is 0 Å². The molecule has 1 fully saturated rings. The normalized spacial score (nSPS) is 15.1. The third-order valence-electron chi connectivity index (χ3n) is 4.48. The SMILES string of the molecule is CCCn1cc(C(=O)N2CCCCC2)c(=O)c2c(N)cccc21. The van der Waals surface area contributed by atoms with Crippen molar-refractivity contribution in [2.45, 2.75) is 39.2 Å². The molecule has 122 valence electrons. The number of amides is 1. The van der Waals surface area contributed by atoms with Gasteiger partial charge in [-0.15, -0.1) is 0 Å². The number of benzene rings is 1. The van der Waals surface area contributed by atoms with E-state index in [4.69, 9.17) is 5.73 Å². The summed E-state index contributed by atoms with van der Waals surface area (Å²) in [5, 5.41) is 0.462. The monoisotopic (exact) mass is 313 g/mol. The highest BCUT2D eigenvalue weighted by Gasteiger charge is 2.23. The second kappa shape index (κ2) is 6.44. The Hall–Kier alpha value is -2.30. The van der Waals surface area contributed by atoms with Crippen molar-refractivity contribution in [3.05, 3.63) is 40.2 Å². The number of nitrogens with zero attached hydrogens (tertiary/aromatic N) is 2. The molecule has 0 spiro atoms. The molecule has 3 rings (SSSR count). The standard InChI is InChI=1S/C18H23N3O2/c1-2-9-21-12-13(18(23)20-10-4-3-5-11-20)17(22)16-14(19)7-6-8-15(16)21/h6-8,12H,2-5,9-11,19H2,1H3. The van der Waals surface area contributed by atoms with E-state index in [2.05, 4.69) is 6.92 Å². The molecule has 23 heavy (non-hydrogen) atoms. The smallest absolute Gasteiger partial charge is 0.259 e. The molecule has 1 aliphatic heterocycles. The summed E-state index contributed by atoms with van der Waals surface area (Å²) in [6.45, 7) is 4.28. The molecule has 0 aliphatic carbocycles. The molecule has 0 atom stereocenters. The summed E-state index contributed by atoms with van der Waals surface area (Å²) in [6.07, 6.45) is 5.79. The molecule has 1 aromatic carbocycles. The fourth-order valence-corrected chi connectivity index (χ4v) is 3.31. The molecule has 1 amide bonds. The molecule has 0 bridgehead atoms. The van der Waals surface area contributed by atoms with Crippen LogP contribution >= 0.6 is 0 Å². The Kier molecular flexibility index (Phi) is 4.37. The summed E-state index contributed by atoms with van der Waals surface area (Å²) < 4.78 is 1.98. The van der Waals surface area contributed by atoms with E-state index in [0.29, 0.717) is 11.1 Å². The highest BCUT2D eigenvalue weighted by molar-refractivity contribution is 6.00. The maximum absolute atomic E-state index is 12.8. The molecule has 2 heterocycles. The maximum Gasteiger partial charge on any atom is 0.259 e. The number of anilines is 1. The predicted octanol–water partition coefficient (Wildman–Crippen LogP) is 2.62. The van der Waals surface area contributed by atoms with E-state index in [1.54, 1.807) is 17.2 Å². The van der Waals surface area contributed by atoms with Crippen LogP contribution in [-0.4, -0.2) is 28.5 Å². The number of aromatic nitrogens is 1. The first-order valence-electron chi connectivity index (χ1n) is 8.34. The van der Waals surface area contributed by atoms with Crippen LogP contribution in [0.4, 0.5) is 5.69 Å². The van der Waals surface area contributed by atoms with Crippen molar-refractivity contribution in [2.75, 3.05) is 18.8 Å². The van der Waals surface area contributed by atoms with Crippen LogP contribution in [0.15, 0.2) is 29.2 Å². The maximum atomic E-state index is 12.8. The molecule has 2 aromatic rings. The zero-order chi connectivity index (χ0) is 16.4. The largest absolute Gasteiger partial charge is 0.398 e. The second-order valence-electron chi connectivity index (χ2n) is 6.16. The first-order valence-corrected chi connectivity index (χ1v) is 8.34. The number of nitrogen functional groups attached to an aromatic ring is 1. The predicted molar refractivity (Wildman–Crippen MR) is 92.7 cm³/mol. The first-order chi connectivity index (χ1) is 11.1. The van der Waals surface area contributed by atoms with Gasteiger partial charge in [0.15, 0.2) is 0 Å².